The van der Waals surface area contributed by atoms with E-state index in [2.05, 4.69) is 5.32 Å². The van der Waals surface area contributed by atoms with Gasteiger partial charge in [-0.15, -0.1) is 0 Å². The summed E-state index contributed by atoms with van der Waals surface area (Å²) in [6.07, 6.45) is 3.21. The molecule has 0 aromatic heterocycles. The van der Waals surface area contributed by atoms with Crippen molar-refractivity contribution in [3.63, 3.8) is 0 Å². The second kappa shape index (κ2) is 6.49. The van der Waals surface area contributed by atoms with Crippen molar-refractivity contribution < 1.29 is 18.3 Å². The molecule has 18 heavy (non-hydrogen) atoms. The Kier molecular flexibility index (Phi) is 5.55. The highest BCUT2D eigenvalue weighted by Gasteiger charge is 2.30. The van der Waals surface area contributed by atoms with Crippen LogP contribution in [0, 0.1) is 5.92 Å². The molecule has 1 fully saturated rings. The predicted molar refractivity (Wildman–Crippen MR) is 68.4 cm³/mol. The van der Waals surface area contributed by atoms with Crippen molar-refractivity contribution in [2.75, 3.05) is 26.0 Å². The van der Waals surface area contributed by atoms with Crippen molar-refractivity contribution in [3.05, 3.63) is 0 Å². The second-order valence-electron chi connectivity index (χ2n) is 4.76. The smallest absolute Gasteiger partial charge is 0.224 e. The molecule has 1 rings (SSSR count). The first-order valence-electron chi connectivity index (χ1n) is 6.24. The fraction of sp³-hybridized carbons (Fsp3) is 0.909. The van der Waals surface area contributed by atoms with E-state index in [4.69, 9.17) is 5.11 Å². The lowest BCUT2D eigenvalue weighted by molar-refractivity contribution is -0.127. The molecule has 1 amide bonds. The lowest BCUT2D eigenvalue weighted by Gasteiger charge is -2.30. The quantitative estimate of drug-likeness (QED) is 0.713. The van der Waals surface area contributed by atoms with Crippen LogP contribution in [0.5, 0.6) is 0 Å². The van der Waals surface area contributed by atoms with Gasteiger partial charge in [-0.3, -0.25) is 4.79 Å². The van der Waals surface area contributed by atoms with Gasteiger partial charge in [0.05, 0.1) is 24.8 Å². The van der Waals surface area contributed by atoms with E-state index in [0.29, 0.717) is 25.8 Å². The Morgan fingerprint density at radius 3 is 2.72 bits per heavy atom. The monoisotopic (exact) mass is 278 g/mol. The lowest BCUT2D eigenvalue weighted by atomic mass is 9.98. The predicted octanol–water partition coefficient (Wildman–Crippen LogP) is -0.455. The van der Waals surface area contributed by atoms with Crippen molar-refractivity contribution in [2.45, 2.75) is 32.2 Å². The molecule has 106 valence electrons. The highest BCUT2D eigenvalue weighted by molar-refractivity contribution is 7.88. The molecule has 2 N–H and O–H groups in total. The molecule has 2 atom stereocenters. The summed E-state index contributed by atoms with van der Waals surface area (Å²) in [6.45, 7) is 2.52. The number of nitrogens with one attached hydrogen (secondary N) is 1. The minimum atomic E-state index is -3.23. The van der Waals surface area contributed by atoms with E-state index in [0.717, 1.165) is 6.26 Å². The Balaban J connectivity index is 2.58. The van der Waals surface area contributed by atoms with Crippen molar-refractivity contribution >= 4 is 15.9 Å². The number of piperidine rings is 1. The zero-order valence-corrected chi connectivity index (χ0v) is 11.7. The number of rotatable bonds is 5. The van der Waals surface area contributed by atoms with Crippen LogP contribution in [0.3, 0.4) is 0 Å². The van der Waals surface area contributed by atoms with E-state index >= 15 is 0 Å². The molecule has 1 heterocycles. The van der Waals surface area contributed by atoms with Crippen LogP contribution >= 0.6 is 0 Å². The number of hydrogen-bond acceptors (Lipinski definition) is 4. The number of aliphatic hydroxyl groups is 1. The molecule has 0 aromatic carbocycles. The summed E-state index contributed by atoms with van der Waals surface area (Å²) in [6, 6.07) is -0.244. The average Bonchev–Trinajstić information content (AvgIpc) is 2.34. The van der Waals surface area contributed by atoms with Gasteiger partial charge in [0.1, 0.15) is 0 Å². The molecule has 1 unspecified atom stereocenters. The highest BCUT2D eigenvalue weighted by Crippen LogP contribution is 2.19. The highest BCUT2D eigenvalue weighted by atomic mass is 32.2. The maximum Gasteiger partial charge on any atom is 0.224 e. The first kappa shape index (κ1) is 15.4. The van der Waals surface area contributed by atoms with Crippen LogP contribution in [-0.4, -0.2) is 55.7 Å². The molecule has 0 radical (unpaired) electrons. The molecule has 1 saturated heterocycles. The zero-order valence-electron chi connectivity index (χ0n) is 10.9. The van der Waals surface area contributed by atoms with Crippen LogP contribution < -0.4 is 5.32 Å². The van der Waals surface area contributed by atoms with Crippen molar-refractivity contribution in [3.8, 4) is 0 Å². The molecule has 1 aliphatic rings. The molecule has 0 aliphatic carbocycles. The fourth-order valence-corrected chi connectivity index (χ4v) is 2.96. The molecule has 1 aliphatic heterocycles. The van der Waals surface area contributed by atoms with Crippen molar-refractivity contribution in [1.82, 2.24) is 9.62 Å². The van der Waals surface area contributed by atoms with E-state index < -0.39 is 10.0 Å². The molecule has 0 saturated carbocycles. The van der Waals surface area contributed by atoms with E-state index in [1.807, 2.05) is 6.92 Å². The maximum atomic E-state index is 12.0. The van der Waals surface area contributed by atoms with E-state index in [-0.39, 0.29) is 31.0 Å². The largest absolute Gasteiger partial charge is 0.394 e. The Morgan fingerprint density at radius 2 is 2.22 bits per heavy atom. The lowest BCUT2D eigenvalue weighted by Crippen LogP contribution is -2.47. The van der Waals surface area contributed by atoms with E-state index in [9.17, 15) is 13.2 Å². The van der Waals surface area contributed by atoms with Crippen LogP contribution in [-0.2, 0) is 14.8 Å². The number of carbonyl (C=O) groups excluding carboxylic acids is 1. The van der Waals surface area contributed by atoms with Gasteiger partial charge < -0.3 is 10.4 Å². The molecule has 0 spiro atoms. The number of carbonyl (C=O) groups is 1. The van der Waals surface area contributed by atoms with E-state index in [1.165, 1.54) is 4.31 Å². The van der Waals surface area contributed by atoms with Crippen LogP contribution in [0.4, 0.5) is 0 Å². The van der Waals surface area contributed by atoms with Gasteiger partial charge in [-0.1, -0.05) is 6.92 Å². The normalized spacial score (nSPS) is 23.6. The van der Waals surface area contributed by atoms with Gasteiger partial charge in [-0.05, 0) is 19.3 Å². The minimum Gasteiger partial charge on any atom is -0.394 e. The summed E-state index contributed by atoms with van der Waals surface area (Å²) in [7, 11) is -3.23. The maximum absolute atomic E-state index is 12.0. The molecule has 7 heteroatoms. The van der Waals surface area contributed by atoms with Crippen LogP contribution in [0.25, 0.3) is 0 Å². The Morgan fingerprint density at radius 1 is 1.56 bits per heavy atom. The third kappa shape index (κ3) is 4.22. The molecule has 0 aromatic rings. The first-order chi connectivity index (χ1) is 8.38. The van der Waals surface area contributed by atoms with Gasteiger partial charge in [0, 0.05) is 13.1 Å². The number of nitrogens with zero attached hydrogens (tertiary/aromatic N) is 1. The molecular weight excluding hydrogens is 256 g/mol. The number of aliphatic hydroxyl groups excluding tert-OH is 1. The minimum absolute atomic E-state index is 0.0925. The molecule has 0 bridgehead atoms. The van der Waals surface area contributed by atoms with Gasteiger partial charge in [-0.25, -0.2) is 12.7 Å². The summed E-state index contributed by atoms with van der Waals surface area (Å²) < 4.78 is 24.2. The summed E-state index contributed by atoms with van der Waals surface area (Å²) in [5.74, 6) is -0.474. The van der Waals surface area contributed by atoms with Gasteiger partial charge in [-0.2, -0.15) is 0 Å². The standard InChI is InChI=1S/C11H22N2O4S/c1-3-10(8-14)12-11(15)9-5-4-6-13(7-9)18(2,16)17/h9-10,14H,3-8H2,1-2H3,(H,12,15)/t9?,10-/m1/s1. The number of sulfonamides is 1. The van der Waals surface area contributed by atoms with Crippen LogP contribution in [0.15, 0.2) is 0 Å². The van der Waals surface area contributed by atoms with Crippen LogP contribution in [0.1, 0.15) is 26.2 Å². The van der Waals surface area contributed by atoms with Crippen molar-refractivity contribution in [2.24, 2.45) is 5.92 Å². The summed E-state index contributed by atoms with van der Waals surface area (Å²) >= 11 is 0. The summed E-state index contributed by atoms with van der Waals surface area (Å²) in [5, 5.41) is 11.8. The molecule has 6 nitrogen and oxygen atoms in total. The third-order valence-corrected chi connectivity index (χ3v) is 4.55. The Bertz CT molecular complexity index is 379. The van der Waals surface area contributed by atoms with Crippen molar-refractivity contribution in [1.29, 1.82) is 0 Å². The summed E-state index contributed by atoms with van der Waals surface area (Å²) in [5.41, 5.74) is 0. The van der Waals surface area contributed by atoms with Gasteiger partial charge in [0.15, 0.2) is 0 Å². The Hall–Kier alpha value is -0.660. The van der Waals surface area contributed by atoms with Gasteiger partial charge in [0.2, 0.25) is 15.9 Å². The fourth-order valence-electron chi connectivity index (χ4n) is 2.05. The van der Waals surface area contributed by atoms with Gasteiger partial charge in [0.25, 0.3) is 0 Å². The number of amides is 1. The molecular formula is C11H22N2O4S. The van der Waals surface area contributed by atoms with Crippen LogP contribution in [0.2, 0.25) is 0 Å². The SMILES string of the molecule is CC[C@H](CO)NC(=O)C1CCCN(S(C)(=O)=O)C1. The summed E-state index contributed by atoms with van der Waals surface area (Å²) in [4.78, 5) is 12.0. The second-order valence-corrected chi connectivity index (χ2v) is 6.74. The van der Waals surface area contributed by atoms with E-state index in [1.54, 1.807) is 0 Å². The number of hydrogen-bond donors (Lipinski definition) is 2. The average molecular weight is 278 g/mol. The zero-order chi connectivity index (χ0) is 13.8. The Labute approximate surface area is 108 Å². The van der Waals surface area contributed by atoms with Gasteiger partial charge >= 0.3 is 0 Å². The third-order valence-electron chi connectivity index (χ3n) is 3.28. The first-order valence-corrected chi connectivity index (χ1v) is 8.09. The topological polar surface area (TPSA) is 86.7 Å².